The molecule has 3 N–H and O–H groups in total. The predicted molar refractivity (Wildman–Crippen MR) is 82.1 cm³/mol. The number of fused-ring (bicyclic) bond motifs is 1. The molecule has 1 unspecified atom stereocenters. The first-order valence-electron chi connectivity index (χ1n) is 7.77. The number of nitrogens with one attached hydrogen (secondary N) is 1. The van der Waals surface area contributed by atoms with Gasteiger partial charge in [-0.25, -0.2) is 0 Å². The molecule has 0 aliphatic carbocycles. The third-order valence-corrected chi connectivity index (χ3v) is 4.62. The zero-order valence-electron chi connectivity index (χ0n) is 12.9. The Bertz CT molecular complexity index is 484. The molecule has 0 spiro atoms. The van der Waals surface area contributed by atoms with Gasteiger partial charge in [0.1, 0.15) is 6.04 Å². The fourth-order valence-electron chi connectivity index (χ4n) is 3.42. The van der Waals surface area contributed by atoms with Gasteiger partial charge in [-0.2, -0.15) is 0 Å². The smallest absolute Gasteiger partial charge is 0.242 e. The SMILES string of the molecule is CC(C)N1CCN2CCN(C3=CCNC=C3N)CC2C1=O. The van der Waals surface area contributed by atoms with Crippen molar-refractivity contribution in [2.45, 2.75) is 25.9 Å². The molecule has 1 amide bonds. The zero-order valence-corrected chi connectivity index (χ0v) is 12.9. The number of carbonyl (C=O) groups is 1. The maximum absolute atomic E-state index is 12.7. The van der Waals surface area contributed by atoms with E-state index in [-0.39, 0.29) is 18.0 Å². The molecule has 0 aromatic carbocycles. The van der Waals surface area contributed by atoms with Gasteiger partial charge in [0.2, 0.25) is 5.91 Å². The van der Waals surface area contributed by atoms with Crippen LogP contribution in [0.15, 0.2) is 23.7 Å². The van der Waals surface area contributed by atoms with Gasteiger partial charge in [0.05, 0.1) is 11.4 Å². The van der Waals surface area contributed by atoms with Crippen molar-refractivity contribution in [3.63, 3.8) is 0 Å². The van der Waals surface area contributed by atoms with Gasteiger partial charge in [-0.3, -0.25) is 9.69 Å². The van der Waals surface area contributed by atoms with Crippen LogP contribution < -0.4 is 11.1 Å². The van der Waals surface area contributed by atoms with Gasteiger partial charge in [-0.05, 0) is 19.9 Å². The van der Waals surface area contributed by atoms with E-state index in [1.807, 2.05) is 11.1 Å². The fourth-order valence-corrected chi connectivity index (χ4v) is 3.42. The highest BCUT2D eigenvalue weighted by atomic mass is 16.2. The largest absolute Gasteiger partial charge is 0.396 e. The van der Waals surface area contributed by atoms with Crippen LogP contribution in [0.25, 0.3) is 0 Å². The van der Waals surface area contributed by atoms with Crippen molar-refractivity contribution in [2.75, 3.05) is 39.3 Å². The minimum Gasteiger partial charge on any atom is -0.396 e. The van der Waals surface area contributed by atoms with Crippen LogP contribution in [-0.4, -0.2) is 72.0 Å². The molecule has 0 bridgehead atoms. The molecule has 2 fully saturated rings. The monoisotopic (exact) mass is 291 g/mol. The molecule has 116 valence electrons. The van der Waals surface area contributed by atoms with Gasteiger partial charge in [0, 0.05) is 51.5 Å². The van der Waals surface area contributed by atoms with Gasteiger partial charge < -0.3 is 20.9 Å². The molecule has 0 radical (unpaired) electrons. The lowest BCUT2D eigenvalue weighted by Crippen LogP contribution is -2.65. The molecule has 1 atom stereocenters. The van der Waals surface area contributed by atoms with Gasteiger partial charge in [0.15, 0.2) is 0 Å². The number of nitrogens with zero attached hydrogens (tertiary/aromatic N) is 3. The van der Waals surface area contributed by atoms with Gasteiger partial charge in [-0.15, -0.1) is 0 Å². The Kier molecular flexibility index (Phi) is 3.80. The molecule has 3 aliphatic rings. The van der Waals surface area contributed by atoms with E-state index in [0.717, 1.165) is 50.7 Å². The summed E-state index contributed by atoms with van der Waals surface area (Å²) >= 11 is 0. The third-order valence-electron chi connectivity index (χ3n) is 4.62. The number of nitrogens with two attached hydrogens (primary N) is 1. The van der Waals surface area contributed by atoms with Crippen LogP contribution in [0.4, 0.5) is 0 Å². The summed E-state index contributed by atoms with van der Waals surface area (Å²) in [5, 5.41) is 3.11. The van der Waals surface area contributed by atoms with Gasteiger partial charge in [-0.1, -0.05) is 0 Å². The number of hydrogen-bond acceptors (Lipinski definition) is 5. The molecule has 0 aromatic heterocycles. The van der Waals surface area contributed by atoms with Crippen LogP contribution in [0.5, 0.6) is 0 Å². The first kappa shape index (κ1) is 14.3. The standard InChI is InChI=1S/C15H25N5O/c1-11(2)20-8-7-18-5-6-19(10-14(18)15(20)21)13-3-4-17-9-12(13)16/h3,9,11,14,17H,4-8,10,16H2,1-2H3. The molecule has 3 aliphatic heterocycles. The number of carbonyl (C=O) groups excluding carboxylic acids is 1. The van der Waals surface area contributed by atoms with Gasteiger partial charge in [0.25, 0.3) is 0 Å². The summed E-state index contributed by atoms with van der Waals surface area (Å²) in [5.41, 5.74) is 7.90. The van der Waals surface area contributed by atoms with E-state index in [0.29, 0.717) is 0 Å². The molecule has 0 saturated carbocycles. The number of amides is 1. The number of piperazine rings is 2. The van der Waals surface area contributed by atoms with Crippen LogP contribution in [0.3, 0.4) is 0 Å². The second-order valence-electron chi connectivity index (χ2n) is 6.22. The average molecular weight is 291 g/mol. The summed E-state index contributed by atoms with van der Waals surface area (Å²) in [7, 11) is 0. The molecular weight excluding hydrogens is 266 g/mol. The molecule has 3 rings (SSSR count). The summed E-state index contributed by atoms with van der Waals surface area (Å²) in [6.07, 6.45) is 3.96. The van der Waals surface area contributed by atoms with E-state index in [2.05, 4.69) is 35.0 Å². The van der Waals surface area contributed by atoms with Crippen molar-refractivity contribution < 1.29 is 4.79 Å². The van der Waals surface area contributed by atoms with Crippen LogP contribution in [0, 0.1) is 0 Å². The van der Waals surface area contributed by atoms with E-state index in [4.69, 9.17) is 5.73 Å². The predicted octanol–water partition coefficient (Wildman–Crippen LogP) is -0.490. The Labute approximate surface area is 126 Å². The Morgan fingerprint density at radius 1 is 1.29 bits per heavy atom. The molecule has 0 aromatic rings. The van der Waals surface area contributed by atoms with Crippen molar-refractivity contribution >= 4 is 5.91 Å². The van der Waals surface area contributed by atoms with Crippen molar-refractivity contribution in [3.8, 4) is 0 Å². The summed E-state index contributed by atoms with van der Waals surface area (Å²) in [6, 6.07) is 0.247. The van der Waals surface area contributed by atoms with Crippen molar-refractivity contribution in [2.24, 2.45) is 5.73 Å². The fraction of sp³-hybridized carbons (Fsp3) is 0.667. The minimum absolute atomic E-state index is 0.0292. The number of rotatable bonds is 2. The number of hydrogen-bond donors (Lipinski definition) is 2. The van der Waals surface area contributed by atoms with Crippen LogP contribution in [0.1, 0.15) is 13.8 Å². The highest BCUT2D eigenvalue weighted by molar-refractivity contribution is 5.83. The third kappa shape index (κ3) is 2.60. The van der Waals surface area contributed by atoms with E-state index in [1.165, 1.54) is 0 Å². The van der Waals surface area contributed by atoms with Crippen molar-refractivity contribution in [1.82, 2.24) is 20.0 Å². The highest BCUT2D eigenvalue weighted by Crippen LogP contribution is 2.23. The summed E-state index contributed by atoms with van der Waals surface area (Å²) in [6.45, 7) is 9.41. The van der Waals surface area contributed by atoms with Crippen molar-refractivity contribution in [3.05, 3.63) is 23.7 Å². The van der Waals surface area contributed by atoms with Crippen LogP contribution in [-0.2, 0) is 4.79 Å². The maximum Gasteiger partial charge on any atom is 0.242 e. The Morgan fingerprint density at radius 3 is 2.76 bits per heavy atom. The van der Waals surface area contributed by atoms with Crippen molar-refractivity contribution in [1.29, 1.82) is 0 Å². The summed E-state index contributed by atoms with van der Waals surface area (Å²) < 4.78 is 0. The maximum atomic E-state index is 12.7. The molecule has 6 nitrogen and oxygen atoms in total. The second kappa shape index (κ2) is 5.60. The van der Waals surface area contributed by atoms with Crippen LogP contribution >= 0.6 is 0 Å². The number of dihydropyridines is 1. The van der Waals surface area contributed by atoms with E-state index in [9.17, 15) is 4.79 Å². The van der Waals surface area contributed by atoms with Crippen LogP contribution in [0.2, 0.25) is 0 Å². The molecule has 21 heavy (non-hydrogen) atoms. The zero-order chi connectivity index (χ0) is 15.0. The van der Waals surface area contributed by atoms with E-state index < -0.39 is 0 Å². The first-order chi connectivity index (χ1) is 10.1. The molecular formula is C15H25N5O. The lowest BCUT2D eigenvalue weighted by molar-refractivity contribution is -0.146. The van der Waals surface area contributed by atoms with Gasteiger partial charge >= 0.3 is 0 Å². The molecule has 2 saturated heterocycles. The normalized spacial score (nSPS) is 27.2. The summed E-state index contributed by atoms with van der Waals surface area (Å²) in [4.78, 5) is 19.3. The molecule has 3 heterocycles. The lowest BCUT2D eigenvalue weighted by Gasteiger charge is -2.48. The lowest BCUT2D eigenvalue weighted by atomic mass is 10.0. The van der Waals surface area contributed by atoms with E-state index in [1.54, 1.807) is 0 Å². The Morgan fingerprint density at radius 2 is 2.05 bits per heavy atom. The van der Waals surface area contributed by atoms with E-state index >= 15 is 0 Å². The Hall–Kier alpha value is -1.69. The second-order valence-corrected chi connectivity index (χ2v) is 6.22. The molecule has 6 heteroatoms. The minimum atomic E-state index is -0.0292. The topological polar surface area (TPSA) is 64.8 Å². The quantitative estimate of drug-likeness (QED) is 0.719. The average Bonchev–Trinajstić information content (AvgIpc) is 2.47. The highest BCUT2D eigenvalue weighted by Gasteiger charge is 2.39. The summed E-state index contributed by atoms with van der Waals surface area (Å²) in [5.74, 6) is 0.262. The first-order valence-corrected chi connectivity index (χ1v) is 7.77. The Balaban J connectivity index is 1.74.